The number of rotatable bonds is 2. The summed E-state index contributed by atoms with van der Waals surface area (Å²) in [6.45, 7) is 1.74. The Balaban J connectivity index is 2.18. The zero-order valence-corrected chi connectivity index (χ0v) is 11.5. The first-order valence-corrected chi connectivity index (χ1v) is 6.98. The Morgan fingerprint density at radius 2 is 2.15 bits per heavy atom. The highest BCUT2D eigenvalue weighted by Gasteiger charge is 2.19. The van der Waals surface area contributed by atoms with E-state index in [1.54, 1.807) is 13.0 Å². The van der Waals surface area contributed by atoms with E-state index in [4.69, 9.17) is 5.26 Å². The lowest BCUT2D eigenvalue weighted by Crippen LogP contribution is -2.09. The molecular weight excluding hydrogens is 250 g/mol. The summed E-state index contributed by atoms with van der Waals surface area (Å²) in [5, 5.41) is 19.0. The Bertz CT molecular complexity index is 680. The van der Waals surface area contributed by atoms with Crippen molar-refractivity contribution in [3.8, 4) is 11.8 Å². The third-order valence-electron chi connectivity index (χ3n) is 3.90. The van der Waals surface area contributed by atoms with E-state index in [0.717, 1.165) is 29.8 Å². The molecular formula is C16H17N3O. The van der Waals surface area contributed by atoms with Gasteiger partial charge in [-0.2, -0.15) is 5.26 Å². The normalized spacial score (nSPS) is 15.4. The van der Waals surface area contributed by atoms with Crippen LogP contribution in [-0.4, -0.2) is 14.7 Å². The van der Waals surface area contributed by atoms with Gasteiger partial charge in [0.1, 0.15) is 0 Å². The second-order valence-corrected chi connectivity index (χ2v) is 5.28. The van der Waals surface area contributed by atoms with Gasteiger partial charge in [-0.25, -0.2) is 4.98 Å². The predicted octanol–water partition coefficient (Wildman–Crippen LogP) is 2.68. The Labute approximate surface area is 118 Å². The summed E-state index contributed by atoms with van der Waals surface area (Å²) < 4.78 is 2.04. The number of imidazole rings is 1. The van der Waals surface area contributed by atoms with E-state index in [1.165, 1.54) is 18.5 Å². The summed E-state index contributed by atoms with van der Waals surface area (Å²) in [4.78, 5) is 4.49. The second kappa shape index (κ2) is 5.10. The standard InChI is InChI=1S/C16H17N3O/c1-11(20)13-7-6-12(9-17)8-16(13)19-10-18-14-4-2-3-5-15(14)19/h6-8,10-11,20H,2-5H2,1H3/t11-/m1/s1. The molecule has 2 aromatic rings. The van der Waals surface area contributed by atoms with Crippen molar-refractivity contribution in [2.75, 3.05) is 0 Å². The molecule has 1 heterocycles. The van der Waals surface area contributed by atoms with Gasteiger partial charge in [-0.15, -0.1) is 0 Å². The van der Waals surface area contributed by atoms with Crippen molar-refractivity contribution in [3.05, 3.63) is 47.0 Å². The van der Waals surface area contributed by atoms with Gasteiger partial charge < -0.3 is 9.67 Å². The first-order chi connectivity index (χ1) is 9.70. The molecule has 0 aliphatic heterocycles. The first kappa shape index (κ1) is 12.9. The van der Waals surface area contributed by atoms with Crippen LogP contribution in [0.25, 0.3) is 5.69 Å². The van der Waals surface area contributed by atoms with Crippen LogP contribution in [-0.2, 0) is 12.8 Å². The van der Waals surface area contributed by atoms with Crippen molar-refractivity contribution in [1.29, 1.82) is 5.26 Å². The molecule has 0 spiro atoms. The fourth-order valence-electron chi connectivity index (χ4n) is 2.85. The minimum Gasteiger partial charge on any atom is -0.389 e. The number of hydrogen-bond donors (Lipinski definition) is 1. The van der Waals surface area contributed by atoms with Crippen molar-refractivity contribution >= 4 is 0 Å². The summed E-state index contributed by atoms with van der Waals surface area (Å²) in [7, 11) is 0. The molecule has 0 saturated heterocycles. The molecule has 3 rings (SSSR count). The van der Waals surface area contributed by atoms with Crippen LogP contribution in [0.4, 0.5) is 0 Å². The van der Waals surface area contributed by atoms with Crippen LogP contribution in [0, 0.1) is 11.3 Å². The van der Waals surface area contributed by atoms with Crippen LogP contribution in [0.5, 0.6) is 0 Å². The summed E-state index contributed by atoms with van der Waals surface area (Å²) in [5.41, 5.74) is 4.66. The Morgan fingerprint density at radius 1 is 1.35 bits per heavy atom. The van der Waals surface area contributed by atoms with E-state index in [0.29, 0.717) is 5.56 Å². The van der Waals surface area contributed by atoms with Gasteiger partial charge in [0, 0.05) is 11.3 Å². The molecule has 1 aliphatic rings. The lowest BCUT2D eigenvalue weighted by molar-refractivity contribution is 0.199. The number of hydrogen-bond acceptors (Lipinski definition) is 3. The molecule has 4 heteroatoms. The van der Waals surface area contributed by atoms with Crippen molar-refractivity contribution in [2.45, 2.75) is 38.7 Å². The number of fused-ring (bicyclic) bond motifs is 1. The first-order valence-electron chi connectivity index (χ1n) is 6.98. The number of benzene rings is 1. The Kier molecular flexibility index (Phi) is 3.29. The molecule has 1 aromatic heterocycles. The summed E-state index contributed by atoms with van der Waals surface area (Å²) in [6.07, 6.45) is 5.62. The number of nitriles is 1. The van der Waals surface area contributed by atoms with Crippen LogP contribution >= 0.6 is 0 Å². The van der Waals surface area contributed by atoms with Crippen molar-refractivity contribution in [2.24, 2.45) is 0 Å². The molecule has 0 bridgehead atoms. The lowest BCUT2D eigenvalue weighted by atomic mass is 10.00. The van der Waals surface area contributed by atoms with Gasteiger partial charge in [0.2, 0.25) is 0 Å². The second-order valence-electron chi connectivity index (χ2n) is 5.28. The minimum absolute atomic E-state index is 0.570. The summed E-state index contributed by atoms with van der Waals surface area (Å²) in [6, 6.07) is 7.56. The molecule has 1 aromatic carbocycles. The molecule has 1 aliphatic carbocycles. The van der Waals surface area contributed by atoms with Crippen LogP contribution in [0.3, 0.4) is 0 Å². The molecule has 0 saturated carbocycles. The number of aliphatic hydroxyl groups is 1. The fourth-order valence-corrected chi connectivity index (χ4v) is 2.85. The monoisotopic (exact) mass is 267 g/mol. The van der Waals surface area contributed by atoms with Gasteiger partial charge in [-0.1, -0.05) is 6.07 Å². The van der Waals surface area contributed by atoms with E-state index < -0.39 is 6.10 Å². The topological polar surface area (TPSA) is 61.8 Å². The highest BCUT2D eigenvalue weighted by atomic mass is 16.3. The van der Waals surface area contributed by atoms with Gasteiger partial charge in [-0.3, -0.25) is 0 Å². The highest BCUT2D eigenvalue weighted by molar-refractivity contribution is 5.50. The predicted molar refractivity (Wildman–Crippen MR) is 75.6 cm³/mol. The molecule has 0 radical (unpaired) electrons. The maximum Gasteiger partial charge on any atom is 0.0997 e. The molecule has 4 nitrogen and oxygen atoms in total. The molecule has 1 atom stereocenters. The molecule has 1 N–H and O–H groups in total. The number of aliphatic hydroxyl groups excluding tert-OH is 1. The van der Waals surface area contributed by atoms with E-state index in [2.05, 4.69) is 11.1 Å². The number of aromatic nitrogens is 2. The van der Waals surface area contributed by atoms with E-state index >= 15 is 0 Å². The van der Waals surface area contributed by atoms with E-state index in [9.17, 15) is 5.11 Å². The Hall–Kier alpha value is -2.12. The van der Waals surface area contributed by atoms with Crippen molar-refractivity contribution in [3.63, 3.8) is 0 Å². The molecule has 20 heavy (non-hydrogen) atoms. The van der Waals surface area contributed by atoms with Gasteiger partial charge in [-0.05, 0) is 44.7 Å². The zero-order valence-electron chi connectivity index (χ0n) is 11.5. The largest absolute Gasteiger partial charge is 0.389 e. The van der Waals surface area contributed by atoms with E-state index in [-0.39, 0.29) is 0 Å². The molecule has 0 unspecified atom stereocenters. The summed E-state index contributed by atoms with van der Waals surface area (Å²) in [5.74, 6) is 0. The van der Waals surface area contributed by atoms with Crippen molar-refractivity contribution in [1.82, 2.24) is 9.55 Å². The van der Waals surface area contributed by atoms with Crippen LogP contribution in [0.15, 0.2) is 24.5 Å². The average molecular weight is 267 g/mol. The number of nitrogens with zero attached hydrogens (tertiary/aromatic N) is 3. The van der Waals surface area contributed by atoms with Crippen molar-refractivity contribution < 1.29 is 5.11 Å². The quantitative estimate of drug-likeness (QED) is 0.910. The van der Waals surface area contributed by atoms with Crippen LogP contribution < -0.4 is 0 Å². The summed E-state index contributed by atoms with van der Waals surface area (Å²) >= 11 is 0. The smallest absolute Gasteiger partial charge is 0.0997 e. The maximum atomic E-state index is 9.95. The third kappa shape index (κ3) is 2.10. The SMILES string of the molecule is C[C@@H](O)c1ccc(C#N)cc1-n1cnc2c1CCCC2. The van der Waals surface area contributed by atoms with Crippen LogP contribution in [0.1, 0.15) is 48.4 Å². The van der Waals surface area contributed by atoms with E-state index in [1.807, 2.05) is 23.0 Å². The molecule has 0 amide bonds. The van der Waals surface area contributed by atoms with Crippen LogP contribution in [0.2, 0.25) is 0 Å². The van der Waals surface area contributed by atoms with Gasteiger partial charge >= 0.3 is 0 Å². The fraction of sp³-hybridized carbons (Fsp3) is 0.375. The van der Waals surface area contributed by atoms with Gasteiger partial charge in [0.15, 0.2) is 0 Å². The lowest BCUT2D eigenvalue weighted by Gasteiger charge is -2.18. The third-order valence-corrected chi connectivity index (χ3v) is 3.90. The Morgan fingerprint density at radius 3 is 2.90 bits per heavy atom. The number of aryl methyl sites for hydroxylation is 1. The molecule has 0 fully saturated rings. The minimum atomic E-state index is -0.570. The zero-order chi connectivity index (χ0) is 14.1. The maximum absolute atomic E-state index is 9.95. The van der Waals surface area contributed by atoms with Gasteiger partial charge in [0.25, 0.3) is 0 Å². The highest BCUT2D eigenvalue weighted by Crippen LogP contribution is 2.28. The average Bonchev–Trinajstić information content (AvgIpc) is 2.90. The van der Waals surface area contributed by atoms with Gasteiger partial charge in [0.05, 0.1) is 35.4 Å². The molecule has 102 valence electrons.